The first-order valence-corrected chi connectivity index (χ1v) is 6.30. The van der Waals surface area contributed by atoms with Gasteiger partial charge in [-0.2, -0.15) is 0 Å². The van der Waals surface area contributed by atoms with E-state index in [0.717, 1.165) is 11.1 Å². The monoisotopic (exact) mass is 264 g/mol. The van der Waals surface area contributed by atoms with E-state index >= 15 is 0 Å². The Kier molecular flexibility index (Phi) is 4.46. The summed E-state index contributed by atoms with van der Waals surface area (Å²) >= 11 is 4.97. The largest absolute Gasteiger partial charge is 0.393 e. The van der Waals surface area contributed by atoms with Gasteiger partial charge in [0, 0.05) is 17.5 Å². The van der Waals surface area contributed by atoms with E-state index in [1.807, 2.05) is 45.9 Å². The number of nitrogens with two attached hydrogens (primary N) is 1. The molecule has 0 heterocycles. The lowest BCUT2D eigenvalue weighted by atomic mass is 9.93. The molecule has 1 aromatic rings. The minimum absolute atomic E-state index is 0.0828. The van der Waals surface area contributed by atoms with Gasteiger partial charge in [-0.1, -0.05) is 43.8 Å². The van der Waals surface area contributed by atoms with Gasteiger partial charge in [-0.15, -0.1) is 0 Å². The van der Waals surface area contributed by atoms with Gasteiger partial charge in [0.2, 0.25) is 0 Å². The lowest BCUT2D eigenvalue weighted by Crippen LogP contribution is -2.41. The van der Waals surface area contributed by atoms with E-state index in [1.54, 1.807) is 0 Å². The average molecular weight is 264 g/mol. The summed E-state index contributed by atoms with van der Waals surface area (Å²) in [7, 11) is 0. The minimum atomic E-state index is -0.372. The van der Waals surface area contributed by atoms with Gasteiger partial charge in [0.15, 0.2) is 0 Å². The molecule has 0 saturated heterocycles. The van der Waals surface area contributed by atoms with E-state index in [1.165, 1.54) is 0 Å². The van der Waals surface area contributed by atoms with Crippen LogP contribution in [0.5, 0.6) is 0 Å². The number of nitrogens with one attached hydrogen (secondary N) is 1. The van der Waals surface area contributed by atoms with Gasteiger partial charge in [0.05, 0.1) is 4.99 Å². The van der Waals surface area contributed by atoms with Crippen LogP contribution in [0.1, 0.15) is 35.3 Å². The standard InChI is InChI=1S/C14H20N2OS/c1-9-5-6-10(2)11(7-9)12(17)16-8-14(3,4)13(15)18/h5-7H,8H2,1-4H3,(H2,15,18)(H,16,17). The Hall–Kier alpha value is -1.42. The van der Waals surface area contributed by atoms with Crippen LogP contribution in [0.3, 0.4) is 0 Å². The average Bonchev–Trinajstić information content (AvgIpc) is 2.29. The first kappa shape index (κ1) is 14.6. The van der Waals surface area contributed by atoms with Crippen molar-refractivity contribution in [1.82, 2.24) is 5.32 Å². The maximum absolute atomic E-state index is 12.1. The molecule has 4 heteroatoms. The third-order valence-corrected chi connectivity index (χ3v) is 3.55. The molecule has 0 aromatic heterocycles. The molecule has 0 radical (unpaired) electrons. The van der Waals surface area contributed by atoms with E-state index in [2.05, 4.69) is 5.32 Å². The molecule has 0 fully saturated rings. The summed E-state index contributed by atoms with van der Waals surface area (Å²) in [6.07, 6.45) is 0. The SMILES string of the molecule is Cc1ccc(C)c(C(=O)NCC(C)(C)C(N)=S)c1. The van der Waals surface area contributed by atoms with Crippen molar-refractivity contribution >= 4 is 23.1 Å². The van der Waals surface area contributed by atoms with Crippen molar-refractivity contribution in [3.05, 3.63) is 34.9 Å². The van der Waals surface area contributed by atoms with Gasteiger partial charge >= 0.3 is 0 Å². The Morgan fingerprint density at radius 1 is 1.39 bits per heavy atom. The molecule has 0 spiro atoms. The molecule has 3 N–H and O–H groups in total. The highest BCUT2D eigenvalue weighted by molar-refractivity contribution is 7.80. The van der Waals surface area contributed by atoms with Crippen molar-refractivity contribution in [2.24, 2.45) is 11.1 Å². The second kappa shape index (κ2) is 5.48. The van der Waals surface area contributed by atoms with E-state index < -0.39 is 0 Å². The molecule has 18 heavy (non-hydrogen) atoms. The van der Waals surface area contributed by atoms with Crippen molar-refractivity contribution in [1.29, 1.82) is 0 Å². The molecule has 0 saturated carbocycles. The predicted octanol–water partition coefficient (Wildman–Crippen LogP) is 2.35. The van der Waals surface area contributed by atoms with Crippen LogP contribution in [0, 0.1) is 19.3 Å². The summed E-state index contributed by atoms with van der Waals surface area (Å²) < 4.78 is 0. The molecule has 0 aliphatic heterocycles. The molecule has 1 rings (SSSR count). The van der Waals surface area contributed by atoms with Crippen molar-refractivity contribution < 1.29 is 4.79 Å². The minimum Gasteiger partial charge on any atom is -0.393 e. The van der Waals surface area contributed by atoms with Crippen LogP contribution in [-0.2, 0) is 0 Å². The second-order valence-corrected chi connectivity index (χ2v) is 5.69. The molecule has 0 aliphatic rings. The lowest BCUT2D eigenvalue weighted by molar-refractivity contribution is 0.0944. The molecule has 1 amide bonds. The quantitative estimate of drug-likeness (QED) is 0.821. The summed E-state index contributed by atoms with van der Waals surface area (Å²) in [5.74, 6) is -0.0828. The summed E-state index contributed by atoms with van der Waals surface area (Å²) in [5, 5.41) is 2.88. The second-order valence-electron chi connectivity index (χ2n) is 5.25. The van der Waals surface area contributed by atoms with Crippen LogP contribution < -0.4 is 11.1 Å². The number of amides is 1. The van der Waals surface area contributed by atoms with Gasteiger partial charge < -0.3 is 11.1 Å². The van der Waals surface area contributed by atoms with Gasteiger partial charge in [-0.3, -0.25) is 4.79 Å². The fraction of sp³-hybridized carbons (Fsp3) is 0.429. The topological polar surface area (TPSA) is 55.1 Å². The molecule has 98 valence electrons. The Bertz CT molecular complexity index is 481. The maximum Gasteiger partial charge on any atom is 0.251 e. The van der Waals surface area contributed by atoms with Crippen molar-refractivity contribution in [2.75, 3.05) is 6.54 Å². The molecule has 3 nitrogen and oxygen atoms in total. The van der Waals surface area contributed by atoms with Crippen LogP contribution >= 0.6 is 12.2 Å². The Balaban J connectivity index is 2.78. The molecule has 0 aliphatic carbocycles. The number of aryl methyl sites for hydroxylation is 2. The molecule has 0 unspecified atom stereocenters. The van der Waals surface area contributed by atoms with Crippen LogP contribution in [-0.4, -0.2) is 17.4 Å². The van der Waals surface area contributed by atoms with E-state index in [-0.39, 0.29) is 11.3 Å². The van der Waals surface area contributed by atoms with Gasteiger partial charge in [-0.05, 0) is 25.5 Å². The predicted molar refractivity (Wildman–Crippen MR) is 78.8 cm³/mol. The zero-order valence-electron chi connectivity index (χ0n) is 11.3. The maximum atomic E-state index is 12.1. The number of hydrogen-bond donors (Lipinski definition) is 2. The third kappa shape index (κ3) is 3.53. The molecular weight excluding hydrogens is 244 g/mol. The highest BCUT2D eigenvalue weighted by Gasteiger charge is 2.22. The van der Waals surface area contributed by atoms with Crippen molar-refractivity contribution in [3.63, 3.8) is 0 Å². The first-order valence-electron chi connectivity index (χ1n) is 5.89. The van der Waals surface area contributed by atoms with Crippen LogP contribution in [0.4, 0.5) is 0 Å². The summed E-state index contributed by atoms with van der Waals surface area (Å²) in [4.78, 5) is 12.5. The number of benzene rings is 1. The molecule has 1 aromatic carbocycles. The van der Waals surface area contributed by atoms with Crippen LogP contribution in [0.25, 0.3) is 0 Å². The normalized spacial score (nSPS) is 11.1. The number of hydrogen-bond acceptors (Lipinski definition) is 2. The summed E-state index contributed by atoms with van der Waals surface area (Å²) in [5.41, 5.74) is 7.99. The summed E-state index contributed by atoms with van der Waals surface area (Å²) in [6, 6.07) is 5.83. The van der Waals surface area contributed by atoms with Gasteiger partial charge in [0.25, 0.3) is 5.91 Å². The Morgan fingerprint density at radius 2 is 2.00 bits per heavy atom. The fourth-order valence-corrected chi connectivity index (χ4v) is 1.54. The smallest absolute Gasteiger partial charge is 0.251 e. The number of thiocarbonyl (C=S) groups is 1. The lowest BCUT2D eigenvalue weighted by Gasteiger charge is -2.23. The number of carbonyl (C=O) groups is 1. The Labute approximate surface area is 114 Å². The van der Waals surface area contributed by atoms with Crippen molar-refractivity contribution in [2.45, 2.75) is 27.7 Å². The Morgan fingerprint density at radius 3 is 2.56 bits per heavy atom. The molecular formula is C14H20N2OS. The molecule has 0 bridgehead atoms. The molecule has 0 atom stereocenters. The zero-order chi connectivity index (χ0) is 13.9. The summed E-state index contributed by atoms with van der Waals surface area (Å²) in [6.45, 7) is 8.16. The van der Waals surface area contributed by atoms with Gasteiger partial charge in [0.1, 0.15) is 0 Å². The number of rotatable bonds is 4. The highest BCUT2D eigenvalue weighted by atomic mass is 32.1. The van der Waals surface area contributed by atoms with Gasteiger partial charge in [-0.25, -0.2) is 0 Å². The number of carbonyl (C=O) groups excluding carboxylic acids is 1. The van der Waals surface area contributed by atoms with Crippen LogP contribution in [0.2, 0.25) is 0 Å². The highest BCUT2D eigenvalue weighted by Crippen LogP contribution is 2.15. The van der Waals surface area contributed by atoms with E-state index in [4.69, 9.17) is 18.0 Å². The first-order chi connectivity index (χ1) is 8.24. The fourth-order valence-electron chi connectivity index (χ4n) is 1.46. The van der Waals surface area contributed by atoms with Crippen molar-refractivity contribution in [3.8, 4) is 0 Å². The van der Waals surface area contributed by atoms with E-state index in [9.17, 15) is 4.79 Å². The third-order valence-electron chi connectivity index (χ3n) is 3.00. The zero-order valence-corrected chi connectivity index (χ0v) is 12.1. The van der Waals surface area contributed by atoms with Crippen LogP contribution in [0.15, 0.2) is 18.2 Å². The van der Waals surface area contributed by atoms with E-state index in [0.29, 0.717) is 17.1 Å².